The van der Waals surface area contributed by atoms with Crippen LogP contribution < -0.4 is 0 Å². The van der Waals surface area contributed by atoms with E-state index in [0.29, 0.717) is 0 Å². The van der Waals surface area contributed by atoms with E-state index in [1.165, 1.54) is 0 Å². The molecule has 0 amide bonds. The highest BCUT2D eigenvalue weighted by Crippen LogP contribution is 2.46. The molecular weight excluding hydrogens is 294 g/mol. The van der Waals surface area contributed by atoms with E-state index >= 15 is 0 Å². The van der Waals surface area contributed by atoms with E-state index in [4.69, 9.17) is 0 Å². The average Bonchev–Trinajstić information content (AvgIpc) is 2.58. The van der Waals surface area contributed by atoms with Gasteiger partial charge >= 0.3 is 5.92 Å². The molecule has 1 aliphatic carbocycles. The molecule has 114 valence electrons. The van der Waals surface area contributed by atoms with Crippen molar-refractivity contribution in [1.82, 2.24) is 0 Å². The van der Waals surface area contributed by atoms with Gasteiger partial charge in [0.25, 0.3) is 0 Å². The van der Waals surface area contributed by atoms with Gasteiger partial charge in [0.05, 0.1) is 0 Å². The molecule has 1 nitrogen and oxygen atoms in total. The molecule has 1 unspecified atom stereocenters. The van der Waals surface area contributed by atoms with Gasteiger partial charge in [-0.25, -0.2) is 0 Å². The molecule has 4 rings (SSSR count). The van der Waals surface area contributed by atoms with Crippen molar-refractivity contribution in [3.05, 3.63) is 83.4 Å². The Balaban J connectivity index is 2.05. The minimum absolute atomic E-state index is 0.147. The molecule has 3 heteroatoms. The third-order valence-corrected chi connectivity index (χ3v) is 4.56. The molecule has 0 aromatic heterocycles. The first kappa shape index (κ1) is 14.1. The molecule has 0 aliphatic heterocycles. The number of hydrogen-bond acceptors (Lipinski definition) is 1. The highest BCUT2D eigenvalue weighted by Gasteiger charge is 2.48. The fraction of sp³-hybridized carbons (Fsp3) is 0.150. The highest BCUT2D eigenvalue weighted by atomic mass is 19.3. The van der Waals surface area contributed by atoms with Gasteiger partial charge in [0.2, 0.25) is 5.78 Å². The summed E-state index contributed by atoms with van der Waals surface area (Å²) >= 11 is 0. The number of hydrogen-bond donors (Lipinski definition) is 0. The Morgan fingerprint density at radius 3 is 2.35 bits per heavy atom. The van der Waals surface area contributed by atoms with Crippen LogP contribution in [0.5, 0.6) is 0 Å². The molecule has 0 saturated carbocycles. The minimum atomic E-state index is -3.32. The fourth-order valence-corrected chi connectivity index (χ4v) is 3.49. The molecule has 0 fully saturated rings. The van der Waals surface area contributed by atoms with Crippen LogP contribution in [0.4, 0.5) is 8.78 Å². The van der Waals surface area contributed by atoms with Crippen LogP contribution in [0.2, 0.25) is 0 Å². The third-order valence-electron chi connectivity index (χ3n) is 4.56. The van der Waals surface area contributed by atoms with Crippen LogP contribution in [0.3, 0.4) is 0 Å². The van der Waals surface area contributed by atoms with Crippen molar-refractivity contribution < 1.29 is 13.6 Å². The highest BCUT2D eigenvalue weighted by molar-refractivity contribution is 6.08. The summed E-state index contributed by atoms with van der Waals surface area (Å²) in [4.78, 5) is 12.2. The lowest BCUT2D eigenvalue weighted by Gasteiger charge is -2.31. The maximum absolute atomic E-state index is 14.3. The number of carbonyl (C=O) groups excluding carboxylic acids is 1. The average molecular weight is 308 g/mol. The van der Waals surface area contributed by atoms with Gasteiger partial charge in [0.1, 0.15) is 0 Å². The monoisotopic (exact) mass is 308 g/mol. The second-order valence-electron chi connectivity index (χ2n) is 5.95. The number of halogens is 2. The maximum Gasteiger partial charge on any atom is 0.310 e. The van der Waals surface area contributed by atoms with Crippen molar-refractivity contribution in [3.8, 4) is 0 Å². The van der Waals surface area contributed by atoms with Crippen molar-refractivity contribution >= 4 is 16.6 Å². The summed E-state index contributed by atoms with van der Waals surface area (Å²) in [6.07, 6.45) is -0.475. The van der Waals surface area contributed by atoms with E-state index in [9.17, 15) is 13.6 Å². The van der Waals surface area contributed by atoms with Crippen LogP contribution in [0, 0.1) is 0 Å². The van der Waals surface area contributed by atoms with Crippen molar-refractivity contribution in [2.24, 2.45) is 0 Å². The summed E-state index contributed by atoms with van der Waals surface area (Å²) in [5, 5.41) is 1.84. The number of Topliss-reactive ketones (excluding diaryl/α,β-unsaturated/α-hetero) is 1. The molecule has 0 saturated heterocycles. The molecule has 0 N–H and O–H groups in total. The first-order valence-electron chi connectivity index (χ1n) is 7.57. The number of alkyl halides is 2. The summed E-state index contributed by atoms with van der Waals surface area (Å²) in [6.45, 7) is 0. The van der Waals surface area contributed by atoms with E-state index < -0.39 is 24.0 Å². The Labute approximate surface area is 132 Å². The van der Waals surface area contributed by atoms with Crippen LogP contribution in [-0.2, 0) is 0 Å². The molecule has 0 spiro atoms. The number of fused-ring (bicyclic) bond motifs is 3. The molecule has 1 atom stereocenters. The second kappa shape index (κ2) is 4.98. The minimum Gasteiger partial charge on any atom is -0.287 e. The maximum atomic E-state index is 14.3. The van der Waals surface area contributed by atoms with E-state index in [1.54, 1.807) is 12.1 Å². The Morgan fingerprint density at radius 1 is 0.870 bits per heavy atom. The number of benzene rings is 3. The molecule has 0 bridgehead atoms. The van der Waals surface area contributed by atoms with Crippen molar-refractivity contribution in [2.75, 3.05) is 0 Å². The van der Waals surface area contributed by atoms with Crippen molar-refractivity contribution in [1.29, 1.82) is 0 Å². The van der Waals surface area contributed by atoms with Gasteiger partial charge < -0.3 is 0 Å². The molecule has 23 heavy (non-hydrogen) atoms. The summed E-state index contributed by atoms with van der Waals surface area (Å²) in [6, 6.07) is 20.2. The Bertz CT molecular complexity index is 900. The van der Waals surface area contributed by atoms with Gasteiger partial charge in [0, 0.05) is 17.9 Å². The van der Waals surface area contributed by atoms with E-state index in [-0.39, 0.29) is 5.56 Å². The van der Waals surface area contributed by atoms with Crippen LogP contribution in [0.25, 0.3) is 10.8 Å². The number of ketones is 1. The van der Waals surface area contributed by atoms with E-state index in [0.717, 1.165) is 21.9 Å². The molecule has 1 aliphatic rings. The summed E-state index contributed by atoms with van der Waals surface area (Å²) in [5.74, 6) is -4.87. The predicted molar refractivity (Wildman–Crippen MR) is 86.1 cm³/mol. The van der Waals surface area contributed by atoms with Crippen molar-refractivity contribution in [2.45, 2.75) is 18.3 Å². The largest absolute Gasteiger partial charge is 0.310 e. The first-order chi connectivity index (χ1) is 11.1. The molecule has 3 aromatic carbocycles. The van der Waals surface area contributed by atoms with E-state index in [1.807, 2.05) is 54.6 Å². The quantitative estimate of drug-likeness (QED) is 0.604. The van der Waals surface area contributed by atoms with Crippen molar-refractivity contribution in [3.63, 3.8) is 0 Å². The van der Waals surface area contributed by atoms with Crippen LogP contribution >= 0.6 is 0 Å². The van der Waals surface area contributed by atoms with Gasteiger partial charge in [-0.3, -0.25) is 4.79 Å². The lowest BCUT2D eigenvalue weighted by atomic mass is 9.74. The number of carbonyl (C=O) groups is 1. The Kier molecular flexibility index (Phi) is 3.05. The normalized spacial score (nSPS) is 19.6. The van der Waals surface area contributed by atoms with Gasteiger partial charge in [-0.2, -0.15) is 8.78 Å². The first-order valence-corrected chi connectivity index (χ1v) is 7.57. The van der Waals surface area contributed by atoms with Gasteiger partial charge in [-0.05, 0) is 21.9 Å². The summed E-state index contributed by atoms with van der Waals surface area (Å²) in [5.41, 5.74) is 1.69. The third kappa shape index (κ3) is 2.15. The van der Waals surface area contributed by atoms with Gasteiger partial charge in [-0.1, -0.05) is 66.7 Å². The van der Waals surface area contributed by atoms with Gasteiger partial charge in [0.15, 0.2) is 0 Å². The smallest absolute Gasteiger partial charge is 0.287 e. The lowest BCUT2D eigenvalue weighted by Crippen LogP contribution is -2.36. The van der Waals surface area contributed by atoms with E-state index in [2.05, 4.69) is 0 Å². The lowest BCUT2D eigenvalue weighted by molar-refractivity contribution is -0.000990. The zero-order valence-electron chi connectivity index (χ0n) is 12.3. The zero-order valence-corrected chi connectivity index (χ0v) is 12.3. The van der Waals surface area contributed by atoms with Crippen LogP contribution in [0.1, 0.15) is 33.8 Å². The standard InChI is InChI=1S/C20H14F2O/c21-20(22)12-17(13-6-2-1-3-7-13)18-15-9-5-4-8-14(15)10-11-16(18)19(20)23/h1-11,17H,12H2. The molecular formula is C20H14F2O. The van der Waals surface area contributed by atoms with Gasteiger partial charge in [-0.15, -0.1) is 0 Å². The topological polar surface area (TPSA) is 17.1 Å². The molecule has 0 radical (unpaired) electrons. The summed E-state index contributed by atoms with van der Waals surface area (Å²) < 4.78 is 28.5. The molecule has 0 heterocycles. The SMILES string of the molecule is O=C1c2ccc3ccccc3c2C(c2ccccc2)CC1(F)F. The Hall–Kier alpha value is -2.55. The Morgan fingerprint density at radius 2 is 1.57 bits per heavy atom. The molecule has 3 aromatic rings. The zero-order chi connectivity index (χ0) is 16.0. The summed E-state index contributed by atoms with van der Waals surface area (Å²) in [7, 11) is 0. The van der Waals surface area contributed by atoms with Crippen LogP contribution in [-0.4, -0.2) is 11.7 Å². The predicted octanol–water partition coefficient (Wildman–Crippen LogP) is 5.19. The van der Waals surface area contributed by atoms with Crippen LogP contribution in [0.15, 0.2) is 66.7 Å². The fourth-order valence-electron chi connectivity index (χ4n) is 3.49. The second-order valence-corrected chi connectivity index (χ2v) is 5.95. The number of rotatable bonds is 1.